The maximum atomic E-state index is 12.1. The van der Waals surface area contributed by atoms with Crippen LogP contribution in [-0.2, 0) is 4.79 Å². The van der Waals surface area contributed by atoms with Gasteiger partial charge in [-0.2, -0.15) is 0 Å². The lowest BCUT2D eigenvalue weighted by molar-refractivity contribution is -0.117. The number of pyridine rings is 1. The van der Waals surface area contributed by atoms with E-state index in [0.717, 1.165) is 5.56 Å². The molecule has 1 N–H and O–H groups in total. The third-order valence-corrected chi connectivity index (χ3v) is 3.68. The molecule has 1 unspecified atom stereocenters. The van der Waals surface area contributed by atoms with Crippen LogP contribution in [0.2, 0.25) is 0 Å². The summed E-state index contributed by atoms with van der Waals surface area (Å²) in [6.45, 7) is 0. The maximum Gasteiger partial charge on any atom is 0.244 e. The lowest BCUT2D eigenvalue weighted by Crippen LogP contribution is -2.28. The molecule has 3 heteroatoms. The SMILES string of the molecule is O=C(/C=C/c1ccncc1)NC(c1ccccc1)C1CC1. The van der Waals surface area contributed by atoms with Gasteiger partial charge in [0, 0.05) is 18.5 Å². The van der Waals surface area contributed by atoms with Crippen LogP contribution >= 0.6 is 0 Å². The Morgan fingerprint density at radius 3 is 2.52 bits per heavy atom. The third-order valence-electron chi connectivity index (χ3n) is 3.68. The van der Waals surface area contributed by atoms with Crippen molar-refractivity contribution in [3.8, 4) is 0 Å². The molecule has 1 aliphatic carbocycles. The molecule has 1 aromatic carbocycles. The highest BCUT2D eigenvalue weighted by molar-refractivity contribution is 5.92. The van der Waals surface area contributed by atoms with Gasteiger partial charge < -0.3 is 5.32 Å². The first-order valence-corrected chi connectivity index (χ1v) is 7.26. The Kier molecular flexibility index (Phi) is 4.10. The molecule has 1 aromatic heterocycles. The number of carbonyl (C=O) groups is 1. The van der Waals surface area contributed by atoms with E-state index in [1.807, 2.05) is 36.4 Å². The number of rotatable bonds is 5. The molecule has 0 radical (unpaired) electrons. The summed E-state index contributed by atoms with van der Waals surface area (Å²) in [6, 6.07) is 14.1. The predicted octanol–water partition coefficient (Wildman–Crippen LogP) is 3.36. The molecule has 0 bridgehead atoms. The lowest BCUT2D eigenvalue weighted by atomic mass is 10.0. The van der Waals surface area contributed by atoms with Crippen LogP contribution in [0, 0.1) is 5.92 Å². The summed E-state index contributed by atoms with van der Waals surface area (Å²) in [5.74, 6) is 0.526. The number of hydrogen-bond donors (Lipinski definition) is 1. The molecule has 3 rings (SSSR count). The van der Waals surface area contributed by atoms with Crippen LogP contribution in [0.5, 0.6) is 0 Å². The van der Waals surface area contributed by atoms with Gasteiger partial charge in [-0.3, -0.25) is 9.78 Å². The molecular formula is C18H18N2O. The Balaban J connectivity index is 1.66. The summed E-state index contributed by atoms with van der Waals surface area (Å²) in [7, 11) is 0. The number of benzene rings is 1. The van der Waals surface area contributed by atoms with Crippen molar-refractivity contribution in [2.24, 2.45) is 5.92 Å². The topological polar surface area (TPSA) is 42.0 Å². The molecule has 1 aliphatic rings. The van der Waals surface area contributed by atoms with Crippen LogP contribution < -0.4 is 5.32 Å². The second-order valence-corrected chi connectivity index (χ2v) is 5.35. The minimum atomic E-state index is -0.0486. The summed E-state index contributed by atoms with van der Waals surface area (Å²) < 4.78 is 0. The molecule has 3 nitrogen and oxygen atoms in total. The fourth-order valence-electron chi connectivity index (χ4n) is 2.41. The minimum Gasteiger partial charge on any atom is -0.345 e. The zero-order valence-corrected chi connectivity index (χ0v) is 11.8. The van der Waals surface area contributed by atoms with Gasteiger partial charge in [-0.15, -0.1) is 0 Å². The molecule has 1 fully saturated rings. The van der Waals surface area contributed by atoms with Gasteiger partial charge >= 0.3 is 0 Å². The molecular weight excluding hydrogens is 260 g/mol. The average molecular weight is 278 g/mol. The van der Waals surface area contributed by atoms with Crippen molar-refractivity contribution in [1.82, 2.24) is 10.3 Å². The average Bonchev–Trinajstić information content (AvgIpc) is 3.37. The fourth-order valence-corrected chi connectivity index (χ4v) is 2.41. The van der Waals surface area contributed by atoms with Crippen LogP contribution in [-0.4, -0.2) is 10.9 Å². The van der Waals surface area contributed by atoms with Crippen LogP contribution in [0.4, 0.5) is 0 Å². The van der Waals surface area contributed by atoms with E-state index in [1.165, 1.54) is 18.4 Å². The highest BCUT2D eigenvalue weighted by Gasteiger charge is 2.32. The summed E-state index contributed by atoms with van der Waals surface area (Å²) in [6.07, 6.45) is 9.21. The van der Waals surface area contributed by atoms with Crippen molar-refractivity contribution in [3.63, 3.8) is 0 Å². The fraction of sp³-hybridized carbons (Fsp3) is 0.222. The zero-order chi connectivity index (χ0) is 14.5. The molecule has 0 aliphatic heterocycles. The van der Waals surface area contributed by atoms with Crippen molar-refractivity contribution in [3.05, 3.63) is 72.1 Å². The largest absolute Gasteiger partial charge is 0.345 e. The Hall–Kier alpha value is -2.42. The Morgan fingerprint density at radius 2 is 1.86 bits per heavy atom. The maximum absolute atomic E-state index is 12.1. The summed E-state index contributed by atoms with van der Waals surface area (Å²) in [5, 5.41) is 3.12. The smallest absolute Gasteiger partial charge is 0.244 e. The van der Waals surface area contributed by atoms with Gasteiger partial charge in [0.05, 0.1) is 6.04 Å². The molecule has 21 heavy (non-hydrogen) atoms. The summed E-state index contributed by atoms with van der Waals surface area (Å²) in [4.78, 5) is 16.1. The van der Waals surface area contributed by atoms with Gasteiger partial charge in [0.2, 0.25) is 5.91 Å². The zero-order valence-electron chi connectivity index (χ0n) is 11.8. The molecule has 106 valence electrons. The number of aromatic nitrogens is 1. The first-order chi connectivity index (χ1) is 10.3. The van der Waals surface area contributed by atoms with Gasteiger partial charge in [0.1, 0.15) is 0 Å². The van der Waals surface area contributed by atoms with E-state index in [9.17, 15) is 4.79 Å². The van der Waals surface area contributed by atoms with E-state index < -0.39 is 0 Å². The second kappa shape index (κ2) is 6.35. The number of amides is 1. The van der Waals surface area contributed by atoms with E-state index in [0.29, 0.717) is 5.92 Å². The molecule has 0 spiro atoms. The first-order valence-electron chi connectivity index (χ1n) is 7.26. The van der Waals surface area contributed by atoms with Crippen molar-refractivity contribution >= 4 is 12.0 Å². The summed E-state index contributed by atoms with van der Waals surface area (Å²) >= 11 is 0. The number of nitrogens with zero attached hydrogens (tertiary/aromatic N) is 1. The van der Waals surface area contributed by atoms with Crippen LogP contribution in [0.1, 0.15) is 30.0 Å². The predicted molar refractivity (Wildman–Crippen MR) is 83.3 cm³/mol. The van der Waals surface area contributed by atoms with Crippen molar-refractivity contribution in [2.75, 3.05) is 0 Å². The lowest BCUT2D eigenvalue weighted by Gasteiger charge is -2.17. The van der Waals surface area contributed by atoms with Gasteiger partial charge in [-0.05, 0) is 48.1 Å². The van der Waals surface area contributed by atoms with Crippen molar-refractivity contribution < 1.29 is 4.79 Å². The number of carbonyl (C=O) groups excluding carboxylic acids is 1. The Morgan fingerprint density at radius 1 is 1.14 bits per heavy atom. The van der Waals surface area contributed by atoms with Gasteiger partial charge in [-0.25, -0.2) is 0 Å². The Bertz CT molecular complexity index is 618. The first kappa shape index (κ1) is 13.6. The number of nitrogens with one attached hydrogen (secondary N) is 1. The van der Waals surface area contributed by atoms with Gasteiger partial charge in [0.25, 0.3) is 0 Å². The minimum absolute atomic E-state index is 0.0486. The molecule has 0 saturated heterocycles. The van der Waals surface area contributed by atoms with Crippen LogP contribution in [0.3, 0.4) is 0 Å². The van der Waals surface area contributed by atoms with E-state index in [2.05, 4.69) is 22.4 Å². The second-order valence-electron chi connectivity index (χ2n) is 5.35. The molecule has 1 heterocycles. The Labute approximate surface area is 124 Å². The normalized spacial score (nSPS) is 15.8. The van der Waals surface area contributed by atoms with E-state index >= 15 is 0 Å². The quantitative estimate of drug-likeness (QED) is 0.852. The van der Waals surface area contributed by atoms with Gasteiger partial charge in [0.15, 0.2) is 0 Å². The van der Waals surface area contributed by atoms with Crippen molar-refractivity contribution in [1.29, 1.82) is 0 Å². The highest BCUT2D eigenvalue weighted by atomic mass is 16.1. The molecule has 1 saturated carbocycles. The molecule has 2 aromatic rings. The van der Waals surface area contributed by atoms with E-state index in [-0.39, 0.29) is 11.9 Å². The molecule has 1 amide bonds. The monoisotopic (exact) mass is 278 g/mol. The van der Waals surface area contributed by atoms with E-state index in [1.54, 1.807) is 18.5 Å². The van der Waals surface area contributed by atoms with Gasteiger partial charge in [-0.1, -0.05) is 30.3 Å². The molecule has 1 atom stereocenters. The highest BCUT2D eigenvalue weighted by Crippen LogP contribution is 2.40. The summed E-state index contributed by atoms with van der Waals surface area (Å²) in [5.41, 5.74) is 2.16. The van der Waals surface area contributed by atoms with E-state index in [4.69, 9.17) is 0 Å². The number of hydrogen-bond acceptors (Lipinski definition) is 2. The van der Waals surface area contributed by atoms with Crippen LogP contribution in [0.25, 0.3) is 6.08 Å². The standard InChI is InChI=1S/C18H18N2O/c21-17(9-6-14-10-12-19-13-11-14)20-18(16-7-8-16)15-4-2-1-3-5-15/h1-6,9-13,16,18H,7-8H2,(H,20,21)/b9-6+. The van der Waals surface area contributed by atoms with Crippen molar-refractivity contribution in [2.45, 2.75) is 18.9 Å². The third kappa shape index (κ3) is 3.78. The van der Waals surface area contributed by atoms with Crippen LogP contribution in [0.15, 0.2) is 60.9 Å².